The number of alkyl halides is 3. The first-order valence-corrected chi connectivity index (χ1v) is 12.5. The SMILES string of the molecule is CCN1C(=O)N[C@H](c2ccccc2C(F)(F)F)C2=C1CN([C@@H](Cc1ccccc1)C(=O)NC(C)(C)C)C2=O. The lowest BCUT2D eigenvalue weighted by atomic mass is 9.91. The van der Waals surface area contributed by atoms with E-state index in [1.54, 1.807) is 6.92 Å². The van der Waals surface area contributed by atoms with Gasteiger partial charge in [-0.15, -0.1) is 0 Å². The summed E-state index contributed by atoms with van der Waals surface area (Å²) in [6.07, 6.45) is -4.49. The number of rotatable bonds is 6. The van der Waals surface area contributed by atoms with Gasteiger partial charge in [0.2, 0.25) is 5.91 Å². The predicted octanol–water partition coefficient (Wildman–Crippen LogP) is 4.41. The minimum Gasteiger partial charge on any atom is -0.350 e. The molecular formula is C28H31F3N4O3. The highest BCUT2D eigenvalue weighted by Crippen LogP contribution is 2.42. The Morgan fingerprint density at radius 3 is 2.29 bits per heavy atom. The van der Waals surface area contributed by atoms with Crippen LogP contribution in [0.3, 0.4) is 0 Å². The highest BCUT2D eigenvalue weighted by atomic mass is 19.4. The largest absolute Gasteiger partial charge is 0.416 e. The molecule has 10 heteroatoms. The maximum Gasteiger partial charge on any atom is 0.416 e. The summed E-state index contributed by atoms with van der Waals surface area (Å²) in [5, 5.41) is 5.53. The van der Waals surface area contributed by atoms with Crippen LogP contribution in [-0.2, 0) is 22.2 Å². The monoisotopic (exact) mass is 528 g/mol. The lowest BCUT2D eigenvalue weighted by Crippen LogP contribution is -2.54. The van der Waals surface area contributed by atoms with Gasteiger partial charge in [-0.25, -0.2) is 4.79 Å². The average Bonchev–Trinajstić information content (AvgIpc) is 3.17. The van der Waals surface area contributed by atoms with E-state index < -0.39 is 41.3 Å². The lowest BCUT2D eigenvalue weighted by Gasteiger charge is -2.33. The van der Waals surface area contributed by atoms with Gasteiger partial charge in [0.05, 0.1) is 29.4 Å². The van der Waals surface area contributed by atoms with Crippen LogP contribution in [0.4, 0.5) is 18.0 Å². The molecule has 0 saturated heterocycles. The summed E-state index contributed by atoms with van der Waals surface area (Å²) in [6, 6.07) is 11.2. The first-order chi connectivity index (χ1) is 17.8. The van der Waals surface area contributed by atoms with E-state index in [9.17, 15) is 27.6 Å². The van der Waals surface area contributed by atoms with Crippen molar-refractivity contribution in [2.75, 3.05) is 13.1 Å². The normalized spacial score (nSPS) is 18.9. The van der Waals surface area contributed by atoms with Crippen molar-refractivity contribution in [3.8, 4) is 0 Å². The van der Waals surface area contributed by atoms with Gasteiger partial charge in [-0.05, 0) is 44.9 Å². The van der Waals surface area contributed by atoms with Gasteiger partial charge in [0.15, 0.2) is 0 Å². The highest BCUT2D eigenvalue weighted by Gasteiger charge is 2.48. The summed E-state index contributed by atoms with van der Waals surface area (Å²) in [6.45, 7) is 7.32. The van der Waals surface area contributed by atoms with Gasteiger partial charge >= 0.3 is 12.2 Å². The third-order valence-corrected chi connectivity index (χ3v) is 6.59. The summed E-state index contributed by atoms with van der Waals surface area (Å²) in [5.74, 6) is -0.963. The topological polar surface area (TPSA) is 81.8 Å². The van der Waals surface area contributed by atoms with Gasteiger partial charge in [0, 0.05) is 18.5 Å². The molecular weight excluding hydrogens is 497 g/mol. The van der Waals surface area contributed by atoms with Crippen LogP contribution in [0.5, 0.6) is 0 Å². The smallest absolute Gasteiger partial charge is 0.350 e. The summed E-state index contributed by atoms with van der Waals surface area (Å²) in [4.78, 5) is 43.2. The zero-order valence-corrected chi connectivity index (χ0v) is 21.7. The minimum absolute atomic E-state index is 0.0461. The van der Waals surface area contributed by atoms with Crippen LogP contribution in [0.25, 0.3) is 0 Å². The number of nitrogens with one attached hydrogen (secondary N) is 2. The number of benzene rings is 2. The number of hydrogen-bond acceptors (Lipinski definition) is 3. The molecule has 2 atom stereocenters. The minimum atomic E-state index is -4.69. The number of halogens is 3. The van der Waals surface area contributed by atoms with E-state index in [0.717, 1.165) is 11.6 Å². The van der Waals surface area contributed by atoms with Crippen molar-refractivity contribution in [3.05, 3.63) is 82.6 Å². The van der Waals surface area contributed by atoms with Crippen molar-refractivity contribution in [1.82, 2.24) is 20.4 Å². The number of likely N-dealkylation sites (N-methyl/N-ethyl adjacent to an activating group) is 1. The number of nitrogens with zero attached hydrogens (tertiary/aromatic N) is 2. The number of carbonyl (C=O) groups is 3. The summed E-state index contributed by atoms with van der Waals surface area (Å²) in [5.41, 5.74) is -0.553. The molecule has 2 aromatic rings. The van der Waals surface area contributed by atoms with Crippen LogP contribution in [0.1, 0.15) is 50.4 Å². The highest BCUT2D eigenvalue weighted by molar-refractivity contribution is 6.03. The van der Waals surface area contributed by atoms with Gasteiger partial charge in [-0.3, -0.25) is 14.5 Å². The maximum absolute atomic E-state index is 14.0. The Balaban J connectivity index is 1.78. The van der Waals surface area contributed by atoms with Crippen LogP contribution in [0.2, 0.25) is 0 Å². The van der Waals surface area contributed by atoms with Gasteiger partial charge < -0.3 is 15.5 Å². The van der Waals surface area contributed by atoms with Crippen molar-refractivity contribution < 1.29 is 27.6 Å². The van der Waals surface area contributed by atoms with Gasteiger partial charge in [-0.2, -0.15) is 13.2 Å². The molecule has 4 amide bonds. The Labute approximate surface area is 219 Å². The van der Waals surface area contributed by atoms with Gasteiger partial charge in [0.1, 0.15) is 6.04 Å². The molecule has 0 saturated carbocycles. The third-order valence-electron chi connectivity index (χ3n) is 6.59. The molecule has 0 unspecified atom stereocenters. The standard InChI is InChI=1S/C28H31F3N4O3/c1-5-34-21-16-35(20(24(36)33-27(2,3)4)15-17-11-7-6-8-12-17)25(37)22(21)23(32-26(34)38)18-13-9-10-14-19(18)28(29,30)31/h6-14,20,23H,5,15-16H2,1-4H3,(H,32,38)(H,33,36)/t20-,23+/m0/s1. The van der Waals surface area contributed by atoms with Crippen LogP contribution >= 0.6 is 0 Å². The van der Waals surface area contributed by atoms with Gasteiger partial charge in [-0.1, -0.05) is 48.5 Å². The summed E-state index contributed by atoms with van der Waals surface area (Å²) >= 11 is 0. The molecule has 0 fully saturated rings. The molecule has 0 radical (unpaired) electrons. The molecule has 7 nitrogen and oxygen atoms in total. The Bertz CT molecular complexity index is 1270. The molecule has 2 N–H and O–H groups in total. The Morgan fingerprint density at radius 1 is 1.05 bits per heavy atom. The van der Waals surface area contributed by atoms with Crippen LogP contribution < -0.4 is 10.6 Å². The van der Waals surface area contributed by atoms with Crippen molar-refractivity contribution in [3.63, 3.8) is 0 Å². The van der Waals surface area contributed by atoms with Gasteiger partial charge in [0.25, 0.3) is 5.91 Å². The molecule has 38 heavy (non-hydrogen) atoms. The van der Waals surface area contributed by atoms with Crippen molar-refractivity contribution >= 4 is 17.8 Å². The van der Waals surface area contributed by atoms with E-state index in [1.807, 2.05) is 51.1 Å². The number of urea groups is 1. The first-order valence-electron chi connectivity index (χ1n) is 12.5. The predicted molar refractivity (Wildman–Crippen MR) is 136 cm³/mol. The zero-order valence-electron chi connectivity index (χ0n) is 21.7. The molecule has 2 aromatic carbocycles. The van der Waals surface area contributed by atoms with E-state index in [4.69, 9.17) is 0 Å². The van der Waals surface area contributed by atoms with Crippen molar-refractivity contribution in [2.24, 2.45) is 0 Å². The Morgan fingerprint density at radius 2 is 1.68 bits per heavy atom. The maximum atomic E-state index is 14.0. The summed E-state index contributed by atoms with van der Waals surface area (Å²) in [7, 11) is 0. The van der Waals surface area contributed by atoms with E-state index in [2.05, 4.69) is 10.6 Å². The quantitative estimate of drug-likeness (QED) is 0.583. The zero-order chi connectivity index (χ0) is 27.8. The molecule has 0 aromatic heterocycles. The van der Waals surface area contributed by atoms with Crippen molar-refractivity contribution in [2.45, 2.75) is 57.9 Å². The fraction of sp³-hybridized carbons (Fsp3) is 0.393. The van der Waals surface area contributed by atoms with Crippen LogP contribution in [0, 0.1) is 0 Å². The molecule has 2 aliphatic heterocycles. The number of carbonyl (C=O) groups excluding carboxylic acids is 3. The number of hydrogen-bond donors (Lipinski definition) is 2. The second-order valence-corrected chi connectivity index (χ2v) is 10.4. The number of amides is 4. The Hall–Kier alpha value is -3.82. The van der Waals surface area contributed by atoms with E-state index >= 15 is 0 Å². The Kier molecular flexibility index (Phi) is 7.27. The molecule has 0 spiro atoms. The average molecular weight is 529 g/mol. The molecule has 0 bridgehead atoms. The fourth-order valence-corrected chi connectivity index (χ4v) is 4.97. The van der Waals surface area contributed by atoms with Crippen LogP contribution in [0.15, 0.2) is 65.9 Å². The summed E-state index contributed by atoms with van der Waals surface area (Å²) < 4.78 is 41.7. The molecule has 4 rings (SSSR count). The molecule has 2 heterocycles. The lowest BCUT2D eigenvalue weighted by molar-refractivity contribution is -0.139. The molecule has 202 valence electrons. The second-order valence-electron chi connectivity index (χ2n) is 10.4. The molecule has 0 aliphatic carbocycles. The molecule has 2 aliphatic rings. The van der Waals surface area contributed by atoms with E-state index in [0.29, 0.717) is 5.70 Å². The second kappa shape index (κ2) is 10.2. The van der Waals surface area contributed by atoms with E-state index in [-0.39, 0.29) is 36.6 Å². The van der Waals surface area contributed by atoms with Crippen molar-refractivity contribution in [1.29, 1.82) is 0 Å². The first kappa shape index (κ1) is 27.2. The fourth-order valence-electron chi connectivity index (χ4n) is 4.97. The van der Waals surface area contributed by atoms with E-state index in [1.165, 1.54) is 28.0 Å². The van der Waals surface area contributed by atoms with Crippen LogP contribution in [-0.4, -0.2) is 52.3 Å². The third kappa shape index (κ3) is 5.39.